The van der Waals surface area contributed by atoms with Crippen molar-refractivity contribution in [1.29, 1.82) is 0 Å². The minimum atomic E-state index is -0.708. The molecule has 0 unspecified atom stereocenters. The summed E-state index contributed by atoms with van der Waals surface area (Å²) in [4.78, 5) is 28.9. The zero-order valence-corrected chi connectivity index (χ0v) is 23.9. The predicted octanol–water partition coefficient (Wildman–Crippen LogP) is 6.51. The van der Waals surface area contributed by atoms with Gasteiger partial charge in [-0.15, -0.1) is 0 Å². The van der Waals surface area contributed by atoms with Gasteiger partial charge in [-0.3, -0.25) is 9.59 Å². The molecule has 1 atom stereocenters. The predicted molar refractivity (Wildman–Crippen MR) is 153 cm³/mol. The van der Waals surface area contributed by atoms with E-state index >= 15 is 0 Å². The molecule has 196 valence electrons. The van der Waals surface area contributed by atoms with Crippen LogP contribution >= 0.6 is 15.9 Å². The summed E-state index contributed by atoms with van der Waals surface area (Å²) in [6, 6.07) is 24.7. The first kappa shape index (κ1) is 28.5. The Bertz CT molecular complexity index is 1170. The fraction of sp³-hybridized carbons (Fsp3) is 0.355. The van der Waals surface area contributed by atoms with Gasteiger partial charge in [0.1, 0.15) is 11.8 Å². The van der Waals surface area contributed by atoms with Gasteiger partial charge < -0.3 is 15.0 Å². The van der Waals surface area contributed by atoms with Crippen molar-refractivity contribution < 1.29 is 14.3 Å². The van der Waals surface area contributed by atoms with Gasteiger partial charge in [0.25, 0.3) is 5.91 Å². The lowest BCUT2D eigenvalue weighted by Gasteiger charge is -2.33. The van der Waals surface area contributed by atoms with Gasteiger partial charge in [0.2, 0.25) is 5.91 Å². The number of hydrogen-bond donors (Lipinski definition) is 1. The number of nitrogens with one attached hydrogen (secondary N) is 1. The zero-order valence-electron chi connectivity index (χ0n) is 22.3. The maximum atomic E-state index is 13.7. The molecule has 3 aromatic rings. The monoisotopic (exact) mass is 564 g/mol. The van der Waals surface area contributed by atoms with E-state index in [4.69, 9.17) is 4.74 Å². The lowest BCUT2D eigenvalue weighted by molar-refractivity contribution is -0.143. The largest absolute Gasteiger partial charge is 0.484 e. The first-order chi connectivity index (χ1) is 17.5. The first-order valence-electron chi connectivity index (χ1n) is 12.6. The van der Waals surface area contributed by atoms with Crippen molar-refractivity contribution in [3.63, 3.8) is 0 Å². The number of nitrogens with zero attached hydrogens (tertiary/aromatic N) is 1. The smallest absolute Gasteiger partial charge is 0.261 e. The van der Waals surface area contributed by atoms with E-state index in [1.165, 1.54) is 5.56 Å². The van der Waals surface area contributed by atoms with Gasteiger partial charge in [-0.05, 0) is 67.6 Å². The van der Waals surface area contributed by atoms with Crippen molar-refractivity contribution in [2.45, 2.75) is 65.1 Å². The summed E-state index contributed by atoms with van der Waals surface area (Å²) in [5, 5.41) is 3.08. The molecule has 5 nitrogen and oxygen atoms in total. The maximum absolute atomic E-state index is 13.7. The van der Waals surface area contributed by atoms with E-state index in [1.807, 2.05) is 99.6 Å². The Morgan fingerprint density at radius 1 is 0.919 bits per heavy atom. The molecule has 0 bridgehead atoms. The highest BCUT2D eigenvalue weighted by Crippen LogP contribution is 2.21. The van der Waals surface area contributed by atoms with E-state index < -0.39 is 11.6 Å². The summed E-state index contributed by atoms with van der Waals surface area (Å²) in [6.07, 6.45) is 0.394. The summed E-state index contributed by atoms with van der Waals surface area (Å²) in [5.74, 6) is 0.592. The van der Waals surface area contributed by atoms with E-state index in [2.05, 4.69) is 35.1 Å². The standard InChI is InChI=1S/C31H37BrN2O3/c1-22(2)25-14-16-27(17-15-25)37-21-29(35)34(20-24-12-9-13-26(32)18-24)28(30(36)33-31(3,4)5)19-23-10-7-6-8-11-23/h6-18,22,28H,19-21H2,1-5H3,(H,33,36)/t28-/m1/s1. The molecular formula is C31H37BrN2O3. The average molecular weight is 566 g/mol. The summed E-state index contributed by atoms with van der Waals surface area (Å²) in [7, 11) is 0. The van der Waals surface area contributed by atoms with Gasteiger partial charge in [-0.1, -0.05) is 84.4 Å². The average Bonchev–Trinajstić information content (AvgIpc) is 2.84. The van der Waals surface area contributed by atoms with Crippen LogP contribution in [0.3, 0.4) is 0 Å². The molecular weight excluding hydrogens is 528 g/mol. The van der Waals surface area contributed by atoms with Crippen LogP contribution in [0, 0.1) is 0 Å². The SMILES string of the molecule is CC(C)c1ccc(OCC(=O)N(Cc2cccc(Br)c2)[C@H](Cc2ccccc2)C(=O)NC(C)(C)C)cc1. The Labute approximate surface area is 229 Å². The van der Waals surface area contributed by atoms with Gasteiger partial charge in [0.15, 0.2) is 6.61 Å². The van der Waals surface area contributed by atoms with Crippen LogP contribution < -0.4 is 10.1 Å². The summed E-state index contributed by atoms with van der Waals surface area (Å²) in [6.45, 7) is 10.2. The third-order valence-corrected chi connectivity index (χ3v) is 6.41. The Kier molecular flexibility index (Phi) is 9.93. The summed E-state index contributed by atoms with van der Waals surface area (Å²) in [5.41, 5.74) is 2.67. The van der Waals surface area contributed by atoms with Crippen LogP contribution in [0.1, 0.15) is 57.2 Å². The van der Waals surface area contributed by atoms with Gasteiger partial charge in [0.05, 0.1) is 0 Å². The van der Waals surface area contributed by atoms with Crippen LogP contribution in [-0.4, -0.2) is 34.9 Å². The highest BCUT2D eigenvalue weighted by atomic mass is 79.9. The van der Waals surface area contributed by atoms with Crippen LogP contribution in [0.15, 0.2) is 83.3 Å². The molecule has 6 heteroatoms. The van der Waals surface area contributed by atoms with Crippen molar-refractivity contribution in [1.82, 2.24) is 10.2 Å². The van der Waals surface area contributed by atoms with E-state index in [0.29, 0.717) is 18.1 Å². The second-order valence-corrected chi connectivity index (χ2v) is 11.5. The number of benzene rings is 3. The Morgan fingerprint density at radius 3 is 2.16 bits per heavy atom. The molecule has 0 aliphatic heterocycles. The Balaban J connectivity index is 1.90. The van der Waals surface area contributed by atoms with Crippen molar-refractivity contribution in [3.8, 4) is 5.75 Å². The fourth-order valence-corrected chi connectivity index (χ4v) is 4.46. The first-order valence-corrected chi connectivity index (χ1v) is 13.4. The van der Waals surface area contributed by atoms with E-state index in [-0.39, 0.29) is 25.0 Å². The lowest BCUT2D eigenvalue weighted by Crippen LogP contribution is -2.55. The van der Waals surface area contributed by atoms with E-state index in [0.717, 1.165) is 15.6 Å². The Hall–Kier alpha value is -3.12. The number of carbonyl (C=O) groups is 2. The Morgan fingerprint density at radius 2 is 1.57 bits per heavy atom. The summed E-state index contributed by atoms with van der Waals surface area (Å²) >= 11 is 3.52. The number of halogens is 1. The molecule has 0 fully saturated rings. The molecule has 1 N–H and O–H groups in total. The van der Waals surface area contributed by atoms with Gasteiger partial charge in [-0.2, -0.15) is 0 Å². The fourth-order valence-electron chi connectivity index (χ4n) is 4.02. The molecule has 0 aliphatic carbocycles. The number of carbonyl (C=O) groups excluding carboxylic acids is 2. The van der Waals surface area contributed by atoms with E-state index in [1.54, 1.807) is 4.90 Å². The molecule has 3 rings (SSSR count). The van der Waals surface area contributed by atoms with Crippen molar-refractivity contribution >= 4 is 27.7 Å². The third kappa shape index (κ3) is 9.04. The van der Waals surface area contributed by atoms with Crippen LogP contribution in [0.5, 0.6) is 5.75 Å². The molecule has 0 radical (unpaired) electrons. The molecule has 0 saturated carbocycles. The number of rotatable bonds is 10. The second kappa shape index (κ2) is 12.9. The molecule has 3 aromatic carbocycles. The van der Waals surface area contributed by atoms with Crippen LogP contribution in [-0.2, 0) is 22.6 Å². The number of amides is 2. The van der Waals surface area contributed by atoms with Gasteiger partial charge >= 0.3 is 0 Å². The highest BCUT2D eigenvalue weighted by Gasteiger charge is 2.32. The normalized spacial score (nSPS) is 12.2. The minimum absolute atomic E-state index is 0.164. The van der Waals surface area contributed by atoms with Crippen LogP contribution in [0.4, 0.5) is 0 Å². The van der Waals surface area contributed by atoms with E-state index in [9.17, 15) is 9.59 Å². The second-order valence-electron chi connectivity index (χ2n) is 10.6. The number of hydrogen-bond acceptors (Lipinski definition) is 3. The number of ether oxygens (including phenoxy) is 1. The summed E-state index contributed by atoms with van der Waals surface area (Å²) < 4.78 is 6.81. The lowest BCUT2D eigenvalue weighted by atomic mass is 10.0. The van der Waals surface area contributed by atoms with Crippen LogP contribution in [0.25, 0.3) is 0 Å². The molecule has 0 heterocycles. The molecule has 0 spiro atoms. The minimum Gasteiger partial charge on any atom is -0.484 e. The third-order valence-electron chi connectivity index (χ3n) is 5.92. The molecule has 2 amide bonds. The van der Waals surface area contributed by atoms with Gasteiger partial charge in [0, 0.05) is 23.0 Å². The molecule has 0 aliphatic rings. The maximum Gasteiger partial charge on any atom is 0.261 e. The zero-order chi connectivity index (χ0) is 27.0. The van der Waals surface area contributed by atoms with Gasteiger partial charge in [-0.25, -0.2) is 0 Å². The van der Waals surface area contributed by atoms with Crippen LogP contribution in [0.2, 0.25) is 0 Å². The highest BCUT2D eigenvalue weighted by molar-refractivity contribution is 9.10. The van der Waals surface area contributed by atoms with Crippen molar-refractivity contribution in [2.24, 2.45) is 0 Å². The molecule has 37 heavy (non-hydrogen) atoms. The van der Waals surface area contributed by atoms with Crippen molar-refractivity contribution in [3.05, 3.63) is 100 Å². The quantitative estimate of drug-likeness (QED) is 0.305. The molecule has 0 aromatic heterocycles. The van der Waals surface area contributed by atoms with Crippen molar-refractivity contribution in [2.75, 3.05) is 6.61 Å². The topological polar surface area (TPSA) is 58.6 Å². The molecule has 0 saturated heterocycles.